The van der Waals surface area contributed by atoms with Crippen LogP contribution in [0.4, 0.5) is 15.8 Å². The Hall–Kier alpha value is -2.44. The molecule has 0 aliphatic rings. The first-order chi connectivity index (χ1) is 9.47. The van der Waals surface area contributed by atoms with Gasteiger partial charge in [0.25, 0.3) is 5.69 Å². The summed E-state index contributed by atoms with van der Waals surface area (Å²) in [5.74, 6) is -0.582. The van der Waals surface area contributed by atoms with Crippen LogP contribution in [0.15, 0.2) is 30.6 Å². The molecule has 1 N–H and O–H groups in total. The van der Waals surface area contributed by atoms with Crippen LogP contribution in [-0.2, 0) is 6.54 Å². The summed E-state index contributed by atoms with van der Waals surface area (Å²) in [4.78, 5) is 10.4. The van der Waals surface area contributed by atoms with Gasteiger partial charge in [0.2, 0.25) is 0 Å². The number of hydrogen-bond donors (Lipinski definition) is 1. The number of rotatable bonds is 5. The van der Waals surface area contributed by atoms with Crippen LogP contribution < -0.4 is 5.32 Å². The molecule has 1 aromatic carbocycles. The zero-order valence-corrected chi connectivity index (χ0v) is 11.2. The van der Waals surface area contributed by atoms with Crippen LogP contribution in [-0.4, -0.2) is 20.7 Å². The number of nitro benzene ring substituents is 1. The van der Waals surface area contributed by atoms with E-state index in [1.54, 1.807) is 23.9 Å². The molecular formula is C13H15FN4O2. The van der Waals surface area contributed by atoms with Gasteiger partial charge >= 0.3 is 0 Å². The number of nitro groups is 1. The quantitative estimate of drug-likeness (QED) is 0.674. The molecule has 106 valence electrons. The lowest BCUT2D eigenvalue weighted by atomic mass is 10.1. The molecule has 2 rings (SSSR count). The SMILES string of the molecule is Cc1cc(NC(C)Cn2cccn2)c([N+](=O)[O-])cc1F. The molecule has 0 saturated carbocycles. The molecule has 0 aliphatic heterocycles. The van der Waals surface area contributed by atoms with Crippen LogP contribution in [0.3, 0.4) is 0 Å². The summed E-state index contributed by atoms with van der Waals surface area (Å²) in [5.41, 5.74) is 0.415. The Balaban J connectivity index is 2.19. The van der Waals surface area contributed by atoms with E-state index in [1.165, 1.54) is 6.07 Å². The fourth-order valence-electron chi connectivity index (χ4n) is 1.94. The van der Waals surface area contributed by atoms with Crippen molar-refractivity contribution in [1.29, 1.82) is 0 Å². The smallest absolute Gasteiger partial charge is 0.295 e. The van der Waals surface area contributed by atoms with Gasteiger partial charge in [0.15, 0.2) is 0 Å². The van der Waals surface area contributed by atoms with E-state index in [0.717, 1.165) is 6.07 Å². The first kappa shape index (κ1) is 14.0. The predicted molar refractivity (Wildman–Crippen MR) is 73.1 cm³/mol. The van der Waals surface area contributed by atoms with Crippen molar-refractivity contribution in [2.24, 2.45) is 0 Å². The molecule has 1 heterocycles. The molecule has 20 heavy (non-hydrogen) atoms. The molecule has 0 saturated heterocycles. The summed E-state index contributed by atoms with van der Waals surface area (Å²) in [6.45, 7) is 4.01. The Kier molecular flexibility index (Phi) is 3.97. The van der Waals surface area contributed by atoms with Gasteiger partial charge in [0.05, 0.1) is 17.5 Å². The molecule has 0 bridgehead atoms. The topological polar surface area (TPSA) is 73.0 Å². The normalized spacial score (nSPS) is 12.2. The minimum Gasteiger partial charge on any atom is -0.375 e. The van der Waals surface area contributed by atoms with Crippen molar-refractivity contribution >= 4 is 11.4 Å². The van der Waals surface area contributed by atoms with Gasteiger partial charge in [-0.15, -0.1) is 0 Å². The Morgan fingerprint density at radius 1 is 1.55 bits per heavy atom. The molecule has 7 heteroatoms. The first-order valence-corrected chi connectivity index (χ1v) is 6.16. The molecular weight excluding hydrogens is 263 g/mol. The minimum atomic E-state index is -0.592. The number of aryl methyl sites for hydroxylation is 1. The maximum absolute atomic E-state index is 13.4. The van der Waals surface area contributed by atoms with E-state index < -0.39 is 10.7 Å². The van der Waals surface area contributed by atoms with Crippen molar-refractivity contribution in [3.8, 4) is 0 Å². The van der Waals surface area contributed by atoms with Crippen LogP contribution in [0.25, 0.3) is 0 Å². The molecule has 0 aliphatic carbocycles. The monoisotopic (exact) mass is 278 g/mol. The molecule has 0 spiro atoms. The van der Waals surface area contributed by atoms with Crippen LogP contribution in [0.5, 0.6) is 0 Å². The van der Waals surface area contributed by atoms with Gasteiger partial charge in [-0.25, -0.2) is 4.39 Å². The molecule has 2 aromatic rings. The second-order valence-corrected chi connectivity index (χ2v) is 4.65. The maximum Gasteiger partial charge on any atom is 0.295 e. The lowest BCUT2D eigenvalue weighted by molar-refractivity contribution is -0.384. The average Bonchev–Trinajstić information content (AvgIpc) is 2.85. The summed E-state index contributed by atoms with van der Waals surface area (Å²) in [7, 11) is 0. The zero-order chi connectivity index (χ0) is 14.7. The van der Waals surface area contributed by atoms with Crippen molar-refractivity contribution in [3.63, 3.8) is 0 Å². The van der Waals surface area contributed by atoms with Crippen LogP contribution in [0.1, 0.15) is 12.5 Å². The Morgan fingerprint density at radius 3 is 2.90 bits per heavy atom. The van der Waals surface area contributed by atoms with E-state index >= 15 is 0 Å². The molecule has 1 aromatic heterocycles. The Morgan fingerprint density at radius 2 is 2.30 bits per heavy atom. The van der Waals surface area contributed by atoms with E-state index in [2.05, 4.69) is 10.4 Å². The van der Waals surface area contributed by atoms with Gasteiger partial charge < -0.3 is 5.32 Å². The first-order valence-electron chi connectivity index (χ1n) is 6.16. The Labute approximate surface area is 115 Å². The molecule has 1 atom stereocenters. The van der Waals surface area contributed by atoms with Gasteiger partial charge in [0.1, 0.15) is 11.5 Å². The highest BCUT2D eigenvalue weighted by Gasteiger charge is 2.18. The van der Waals surface area contributed by atoms with Crippen LogP contribution >= 0.6 is 0 Å². The van der Waals surface area contributed by atoms with Gasteiger partial charge in [-0.3, -0.25) is 14.8 Å². The highest BCUT2D eigenvalue weighted by Crippen LogP contribution is 2.28. The third-order valence-electron chi connectivity index (χ3n) is 2.90. The number of halogens is 1. The third-order valence-corrected chi connectivity index (χ3v) is 2.90. The lowest BCUT2D eigenvalue weighted by Gasteiger charge is -2.16. The summed E-state index contributed by atoms with van der Waals surface area (Å²) in [6.07, 6.45) is 3.47. The average molecular weight is 278 g/mol. The van der Waals surface area contributed by atoms with Crippen molar-refractivity contribution in [2.75, 3.05) is 5.32 Å². The third kappa shape index (κ3) is 3.11. The van der Waals surface area contributed by atoms with Crippen molar-refractivity contribution in [3.05, 3.63) is 52.1 Å². The number of anilines is 1. The zero-order valence-electron chi connectivity index (χ0n) is 11.2. The molecule has 0 amide bonds. The highest BCUT2D eigenvalue weighted by molar-refractivity contribution is 5.63. The summed E-state index contributed by atoms with van der Waals surface area (Å²) in [6, 6.07) is 4.11. The van der Waals surface area contributed by atoms with Crippen molar-refractivity contribution in [1.82, 2.24) is 9.78 Å². The standard InChI is InChI=1S/C13H15FN4O2/c1-9-6-12(13(18(19)20)7-11(9)14)16-10(2)8-17-5-3-4-15-17/h3-7,10,16H,8H2,1-2H3. The second kappa shape index (κ2) is 5.68. The number of aromatic nitrogens is 2. The minimum absolute atomic E-state index is 0.0848. The summed E-state index contributed by atoms with van der Waals surface area (Å²) >= 11 is 0. The fourth-order valence-corrected chi connectivity index (χ4v) is 1.94. The lowest BCUT2D eigenvalue weighted by Crippen LogP contribution is -2.22. The van der Waals surface area contributed by atoms with E-state index in [9.17, 15) is 14.5 Å². The summed E-state index contributed by atoms with van der Waals surface area (Å²) in [5, 5.41) is 18.1. The molecule has 1 unspecified atom stereocenters. The fraction of sp³-hybridized carbons (Fsp3) is 0.308. The van der Waals surface area contributed by atoms with E-state index in [-0.39, 0.29) is 11.7 Å². The number of benzene rings is 1. The second-order valence-electron chi connectivity index (χ2n) is 4.65. The highest BCUT2D eigenvalue weighted by atomic mass is 19.1. The van der Waals surface area contributed by atoms with E-state index in [1.807, 2.05) is 13.1 Å². The van der Waals surface area contributed by atoms with Gasteiger partial charge in [-0.05, 0) is 31.5 Å². The van der Waals surface area contributed by atoms with Crippen LogP contribution in [0.2, 0.25) is 0 Å². The predicted octanol–water partition coefficient (Wildman–Crippen LogP) is 2.74. The summed E-state index contributed by atoms with van der Waals surface area (Å²) < 4.78 is 15.1. The Bertz CT molecular complexity index is 613. The van der Waals surface area contributed by atoms with E-state index in [4.69, 9.17) is 0 Å². The number of nitrogens with zero attached hydrogens (tertiary/aromatic N) is 3. The van der Waals surface area contributed by atoms with Gasteiger partial charge in [0, 0.05) is 18.4 Å². The van der Waals surface area contributed by atoms with Gasteiger partial charge in [-0.2, -0.15) is 5.10 Å². The number of nitrogens with one attached hydrogen (secondary N) is 1. The van der Waals surface area contributed by atoms with Crippen LogP contribution in [0, 0.1) is 22.9 Å². The molecule has 0 radical (unpaired) electrons. The largest absolute Gasteiger partial charge is 0.375 e. The number of hydrogen-bond acceptors (Lipinski definition) is 4. The van der Waals surface area contributed by atoms with E-state index in [0.29, 0.717) is 17.8 Å². The van der Waals surface area contributed by atoms with Gasteiger partial charge in [-0.1, -0.05) is 0 Å². The van der Waals surface area contributed by atoms with Crippen molar-refractivity contribution in [2.45, 2.75) is 26.4 Å². The van der Waals surface area contributed by atoms with Crippen molar-refractivity contribution < 1.29 is 9.31 Å². The molecule has 6 nitrogen and oxygen atoms in total. The molecule has 0 fully saturated rings. The maximum atomic E-state index is 13.4.